The average molecular weight is 517 g/mol. The van der Waals surface area contributed by atoms with Crippen molar-refractivity contribution in [2.24, 2.45) is 23.7 Å². The molecule has 0 heterocycles. The molecule has 0 radical (unpaired) electrons. The molecular weight excluding hydrogens is 456 g/mol. The Morgan fingerprint density at radius 2 is 1.22 bits per heavy atom. The van der Waals surface area contributed by atoms with Gasteiger partial charge in [-0.15, -0.1) is 0 Å². The Hall–Kier alpha value is -1.51. The van der Waals surface area contributed by atoms with Gasteiger partial charge < -0.3 is 10.2 Å². The summed E-state index contributed by atoms with van der Waals surface area (Å²) >= 11 is 0. The van der Waals surface area contributed by atoms with E-state index in [1.165, 1.54) is 88.2 Å². The van der Waals surface area contributed by atoms with Crippen LogP contribution in [-0.2, 0) is 17.6 Å². The number of phenols is 2. The van der Waals surface area contributed by atoms with Crippen LogP contribution in [0.4, 0.5) is 0 Å². The van der Waals surface area contributed by atoms with Crippen LogP contribution in [0.3, 0.4) is 0 Å². The van der Waals surface area contributed by atoms with Crippen LogP contribution >= 0.6 is 0 Å². The third-order valence-corrected chi connectivity index (χ3v) is 8.01. The normalized spacial score (nSPS) is 17.8. The average Bonchev–Trinajstić information content (AvgIpc) is 2.85. The molecular formula is C34H60O3. The van der Waals surface area contributed by atoms with E-state index in [4.69, 9.17) is 0 Å². The fraction of sp³-hybridized carbons (Fsp3) is 0.794. The summed E-state index contributed by atoms with van der Waals surface area (Å²) in [6.07, 6.45) is 20.1. The van der Waals surface area contributed by atoms with Gasteiger partial charge in [0, 0.05) is 12.3 Å². The van der Waals surface area contributed by atoms with E-state index in [0.717, 1.165) is 43.9 Å². The van der Waals surface area contributed by atoms with E-state index in [1.54, 1.807) is 12.1 Å². The first-order chi connectivity index (χ1) is 17.7. The summed E-state index contributed by atoms with van der Waals surface area (Å²) in [4.78, 5) is 12.1. The van der Waals surface area contributed by atoms with Crippen molar-refractivity contribution in [3.05, 3.63) is 23.3 Å². The van der Waals surface area contributed by atoms with Crippen molar-refractivity contribution in [3.63, 3.8) is 0 Å². The fourth-order valence-electron chi connectivity index (χ4n) is 5.42. The number of benzene rings is 1. The number of Topliss-reactive ketones (excluding diaryl/α,β-unsaturated/α-hetero) is 1. The van der Waals surface area contributed by atoms with Gasteiger partial charge in [0.25, 0.3) is 0 Å². The number of ketones is 1. The van der Waals surface area contributed by atoms with Crippen LogP contribution in [-0.4, -0.2) is 16.0 Å². The van der Waals surface area contributed by atoms with Crippen molar-refractivity contribution < 1.29 is 15.0 Å². The molecule has 37 heavy (non-hydrogen) atoms. The van der Waals surface area contributed by atoms with Gasteiger partial charge in [-0.3, -0.25) is 4.79 Å². The largest absolute Gasteiger partial charge is 0.504 e. The Morgan fingerprint density at radius 3 is 1.65 bits per heavy atom. The number of aryl methyl sites for hydroxylation is 2. The van der Waals surface area contributed by atoms with Crippen molar-refractivity contribution in [1.29, 1.82) is 0 Å². The molecule has 1 aromatic carbocycles. The molecule has 0 bridgehead atoms. The monoisotopic (exact) mass is 516 g/mol. The maximum absolute atomic E-state index is 12.1. The molecule has 1 saturated carbocycles. The first-order valence-electron chi connectivity index (χ1n) is 15.7. The molecule has 2 atom stereocenters. The standard InChI is InChI=1S/C18H30O2.C16H30O/c1-3-5-7-9-11-15-13-17(19)18(20)14-16(15)12-10-8-6-4-2;1-12(2)5-7-14-8-10-15(16(17)11-14)9-6-13(3)4/h13-14,19-20H,3-12H2,1-2H3;12-15H,5-11H2,1-4H3. The predicted molar refractivity (Wildman–Crippen MR) is 159 cm³/mol. The number of carbonyl (C=O) groups excluding carboxylic acids is 1. The van der Waals surface area contributed by atoms with Crippen LogP contribution < -0.4 is 0 Å². The Labute approximate surface area is 229 Å². The molecule has 1 fully saturated rings. The smallest absolute Gasteiger partial charge is 0.157 e. The number of hydrogen-bond acceptors (Lipinski definition) is 3. The molecule has 2 unspecified atom stereocenters. The molecule has 0 saturated heterocycles. The summed E-state index contributed by atoms with van der Waals surface area (Å²) in [5.74, 6) is 3.21. The van der Waals surface area contributed by atoms with Gasteiger partial charge in [-0.25, -0.2) is 0 Å². The summed E-state index contributed by atoms with van der Waals surface area (Å²) < 4.78 is 0. The van der Waals surface area contributed by atoms with Crippen molar-refractivity contribution >= 4 is 5.78 Å². The zero-order valence-corrected chi connectivity index (χ0v) is 25.3. The second-order valence-electron chi connectivity index (χ2n) is 12.5. The van der Waals surface area contributed by atoms with Gasteiger partial charge >= 0.3 is 0 Å². The van der Waals surface area contributed by atoms with Crippen LogP contribution in [0.5, 0.6) is 11.5 Å². The van der Waals surface area contributed by atoms with Crippen molar-refractivity contribution in [2.75, 3.05) is 0 Å². The van der Waals surface area contributed by atoms with Crippen molar-refractivity contribution in [3.8, 4) is 11.5 Å². The van der Waals surface area contributed by atoms with E-state index in [2.05, 4.69) is 41.5 Å². The third-order valence-electron chi connectivity index (χ3n) is 8.01. The Balaban J connectivity index is 0.000000375. The lowest BCUT2D eigenvalue weighted by molar-refractivity contribution is -0.126. The highest BCUT2D eigenvalue weighted by Gasteiger charge is 2.28. The van der Waals surface area contributed by atoms with Crippen molar-refractivity contribution in [2.45, 2.75) is 151 Å². The maximum atomic E-state index is 12.1. The molecule has 0 amide bonds. The van der Waals surface area contributed by atoms with Gasteiger partial charge in [0.2, 0.25) is 0 Å². The molecule has 0 aromatic heterocycles. The third kappa shape index (κ3) is 14.9. The van der Waals surface area contributed by atoms with E-state index in [1.807, 2.05) is 0 Å². The van der Waals surface area contributed by atoms with Gasteiger partial charge in [-0.2, -0.15) is 0 Å². The van der Waals surface area contributed by atoms with Gasteiger partial charge in [0.1, 0.15) is 5.78 Å². The highest BCUT2D eigenvalue weighted by Crippen LogP contribution is 2.33. The van der Waals surface area contributed by atoms with E-state index < -0.39 is 0 Å². The molecule has 1 aromatic rings. The highest BCUT2D eigenvalue weighted by molar-refractivity contribution is 5.81. The lowest BCUT2D eigenvalue weighted by Gasteiger charge is -2.28. The Morgan fingerprint density at radius 1 is 0.730 bits per heavy atom. The molecule has 214 valence electrons. The highest BCUT2D eigenvalue weighted by atomic mass is 16.3. The minimum atomic E-state index is 0.0211. The summed E-state index contributed by atoms with van der Waals surface area (Å²) in [5.41, 5.74) is 2.43. The molecule has 3 nitrogen and oxygen atoms in total. The van der Waals surface area contributed by atoms with E-state index >= 15 is 0 Å². The summed E-state index contributed by atoms with van der Waals surface area (Å²) in [7, 11) is 0. The lowest BCUT2D eigenvalue weighted by Crippen LogP contribution is -2.25. The molecule has 2 N–H and O–H groups in total. The molecule has 1 aliphatic carbocycles. The van der Waals surface area contributed by atoms with Crippen molar-refractivity contribution in [1.82, 2.24) is 0 Å². The topological polar surface area (TPSA) is 57.5 Å². The molecule has 0 spiro atoms. The van der Waals surface area contributed by atoms with Crippen LogP contribution in [0.2, 0.25) is 0 Å². The van der Waals surface area contributed by atoms with Crippen LogP contribution in [0.1, 0.15) is 149 Å². The minimum Gasteiger partial charge on any atom is -0.504 e. The quantitative estimate of drug-likeness (QED) is 0.170. The van der Waals surface area contributed by atoms with Gasteiger partial charge in [0.15, 0.2) is 11.5 Å². The van der Waals surface area contributed by atoms with Gasteiger partial charge in [0.05, 0.1) is 0 Å². The van der Waals surface area contributed by atoms with Crippen LogP contribution in [0, 0.1) is 23.7 Å². The lowest BCUT2D eigenvalue weighted by atomic mass is 9.76. The zero-order valence-electron chi connectivity index (χ0n) is 25.3. The minimum absolute atomic E-state index is 0.0211. The number of rotatable bonds is 16. The first kappa shape index (κ1) is 33.5. The SMILES string of the molecule is CC(C)CCC1CCC(CCC(C)C)C(=O)C1.CCCCCCc1cc(O)c(O)cc1CCCCCC. The summed E-state index contributed by atoms with van der Waals surface area (Å²) in [6, 6.07) is 3.52. The van der Waals surface area contributed by atoms with Gasteiger partial charge in [-0.05, 0) is 92.4 Å². The Kier molecular flexibility index (Phi) is 17.7. The number of aromatic hydroxyl groups is 2. The predicted octanol–water partition coefficient (Wildman–Crippen LogP) is 10.2. The maximum Gasteiger partial charge on any atom is 0.157 e. The molecule has 3 heteroatoms. The summed E-state index contributed by atoms with van der Waals surface area (Å²) in [6.45, 7) is 13.5. The van der Waals surface area contributed by atoms with E-state index in [9.17, 15) is 15.0 Å². The molecule has 1 aliphatic rings. The number of hydrogen-bond donors (Lipinski definition) is 2. The number of carbonyl (C=O) groups is 1. The first-order valence-corrected chi connectivity index (χ1v) is 15.7. The van der Waals surface area contributed by atoms with E-state index in [0.29, 0.717) is 17.6 Å². The summed E-state index contributed by atoms with van der Waals surface area (Å²) in [5, 5.41) is 19.4. The van der Waals surface area contributed by atoms with E-state index in [-0.39, 0.29) is 11.5 Å². The second kappa shape index (κ2) is 19.5. The molecule has 2 rings (SSSR count). The van der Waals surface area contributed by atoms with Gasteiger partial charge in [-0.1, -0.05) is 92.9 Å². The Bertz CT molecular complexity index is 700. The number of phenolic OH excluding ortho intramolecular Hbond substituents is 2. The zero-order chi connectivity index (χ0) is 27.6. The fourth-order valence-corrected chi connectivity index (χ4v) is 5.42. The van der Waals surface area contributed by atoms with Crippen LogP contribution in [0.15, 0.2) is 12.1 Å². The molecule has 0 aliphatic heterocycles. The number of unbranched alkanes of at least 4 members (excludes halogenated alkanes) is 6. The second-order valence-corrected chi connectivity index (χ2v) is 12.5. The van der Waals surface area contributed by atoms with Crippen LogP contribution in [0.25, 0.3) is 0 Å².